The monoisotopic (exact) mass is 345 g/mol. The van der Waals surface area contributed by atoms with E-state index < -0.39 is 19.5 Å². The number of morpholine rings is 1. The van der Waals surface area contributed by atoms with Crippen LogP contribution < -0.4 is 0 Å². The minimum absolute atomic E-state index is 0.156. The summed E-state index contributed by atoms with van der Waals surface area (Å²) >= 11 is 0. The van der Waals surface area contributed by atoms with Crippen LogP contribution in [-0.4, -0.2) is 56.8 Å². The molecule has 0 aliphatic carbocycles. The van der Waals surface area contributed by atoms with Crippen LogP contribution in [-0.2, 0) is 13.9 Å². The fraction of sp³-hybridized carbons (Fsp3) is 0.941. The van der Waals surface area contributed by atoms with Gasteiger partial charge in [-0.3, -0.25) is 0 Å². The Labute approximate surface area is 142 Å². The quantitative estimate of drug-likeness (QED) is 0.725. The minimum atomic E-state index is -1.84. The van der Waals surface area contributed by atoms with Gasteiger partial charge in [-0.15, -0.1) is 0 Å². The molecule has 0 N–H and O–H groups in total. The zero-order valence-corrected chi connectivity index (χ0v) is 17.4. The Morgan fingerprint density at radius 2 is 1.78 bits per heavy atom. The Balaban J connectivity index is 2.67. The van der Waals surface area contributed by atoms with Gasteiger partial charge >= 0.3 is 6.09 Å². The van der Waals surface area contributed by atoms with Crippen LogP contribution in [0.4, 0.5) is 4.79 Å². The molecular weight excluding hydrogens is 310 g/mol. The Morgan fingerprint density at radius 1 is 1.22 bits per heavy atom. The van der Waals surface area contributed by atoms with E-state index in [0.29, 0.717) is 26.3 Å². The SMILES string of the molecule is CC(C)(C)OC(=O)N1CCO[C@](C)(CO[Si](C)(C)C(C)(C)C)C1. The number of ether oxygens (including phenoxy) is 2. The molecule has 1 rings (SSSR count). The molecule has 1 aliphatic rings. The second-order valence-electron chi connectivity index (χ2n) is 9.25. The van der Waals surface area contributed by atoms with Crippen molar-refractivity contribution in [2.75, 3.05) is 26.3 Å². The summed E-state index contributed by atoms with van der Waals surface area (Å²) in [6, 6.07) is 0. The van der Waals surface area contributed by atoms with E-state index in [1.807, 2.05) is 27.7 Å². The molecule has 136 valence electrons. The molecule has 1 heterocycles. The van der Waals surface area contributed by atoms with Crippen LogP contribution in [0.2, 0.25) is 18.1 Å². The average molecular weight is 346 g/mol. The molecule has 1 saturated heterocycles. The summed E-state index contributed by atoms with van der Waals surface area (Å²) in [5.74, 6) is 0. The molecule has 0 aromatic carbocycles. The number of carbonyl (C=O) groups excluding carboxylic acids is 1. The molecule has 0 saturated carbocycles. The predicted octanol–water partition coefficient (Wildman–Crippen LogP) is 4.03. The van der Waals surface area contributed by atoms with Gasteiger partial charge in [0.05, 0.1) is 19.8 Å². The van der Waals surface area contributed by atoms with E-state index in [1.54, 1.807) is 4.90 Å². The maximum Gasteiger partial charge on any atom is 0.410 e. The molecule has 23 heavy (non-hydrogen) atoms. The molecule has 1 atom stereocenters. The van der Waals surface area contributed by atoms with Crippen molar-refractivity contribution in [3.05, 3.63) is 0 Å². The maximum absolute atomic E-state index is 12.3. The molecule has 1 aliphatic heterocycles. The Kier molecular flexibility index (Phi) is 5.98. The average Bonchev–Trinajstić information content (AvgIpc) is 2.33. The van der Waals surface area contributed by atoms with E-state index in [1.165, 1.54) is 0 Å². The second kappa shape index (κ2) is 6.73. The van der Waals surface area contributed by atoms with Crippen molar-refractivity contribution < 1.29 is 18.7 Å². The van der Waals surface area contributed by atoms with Gasteiger partial charge in [-0.25, -0.2) is 4.79 Å². The molecule has 0 unspecified atom stereocenters. The molecule has 5 nitrogen and oxygen atoms in total. The first-order chi connectivity index (χ1) is 10.2. The first-order valence-corrected chi connectivity index (χ1v) is 11.3. The molecule has 1 fully saturated rings. The van der Waals surface area contributed by atoms with E-state index in [9.17, 15) is 4.79 Å². The fourth-order valence-corrected chi connectivity index (χ4v) is 3.15. The number of hydrogen-bond donors (Lipinski definition) is 0. The Bertz CT molecular complexity index is 425. The third-order valence-corrected chi connectivity index (χ3v) is 9.01. The number of hydrogen-bond acceptors (Lipinski definition) is 4. The molecule has 6 heteroatoms. The third kappa shape index (κ3) is 6.08. The van der Waals surface area contributed by atoms with Crippen molar-refractivity contribution in [2.24, 2.45) is 0 Å². The lowest BCUT2D eigenvalue weighted by Crippen LogP contribution is -2.57. The molecule has 0 aromatic rings. The third-order valence-electron chi connectivity index (χ3n) is 4.53. The summed E-state index contributed by atoms with van der Waals surface area (Å²) in [6.07, 6.45) is -0.278. The molecule has 0 aromatic heterocycles. The number of nitrogens with zero attached hydrogens (tertiary/aromatic N) is 1. The lowest BCUT2D eigenvalue weighted by Gasteiger charge is -2.44. The lowest BCUT2D eigenvalue weighted by atomic mass is 10.1. The summed E-state index contributed by atoms with van der Waals surface area (Å²) in [4.78, 5) is 14.0. The van der Waals surface area contributed by atoms with Crippen molar-refractivity contribution in [3.8, 4) is 0 Å². The summed E-state index contributed by atoms with van der Waals surface area (Å²) < 4.78 is 17.7. The van der Waals surface area contributed by atoms with E-state index in [0.717, 1.165) is 0 Å². The highest BCUT2D eigenvalue weighted by Gasteiger charge is 2.42. The van der Waals surface area contributed by atoms with Gasteiger partial charge in [-0.2, -0.15) is 0 Å². The number of rotatable bonds is 3. The van der Waals surface area contributed by atoms with Crippen LogP contribution in [0.1, 0.15) is 48.5 Å². The maximum atomic E-state index is 12.3. The van der Waals surface area contributed by atoms with Gasteiger partial charge in [-0.1, -0.05) is 20.8 Å². The number of amides is 1. The highest BCUT2D eigenvalue weighted by atomic mass is 28.4. The smallest absolute Gasteiger partial charge is 0.410 e. The molecule has 0 spiro atoms. The summed E-state index contributed by atoms with van der Waals surface area (Å²) in [6.45, 7) is 20.8. The first-order valence-electron chi connectivity index (χ1n) is 8.41. The van der Waals surface area contributed by atoms with Crippen LogP contribution in [0.25, 0.3) is 0 Å². The van der Waals surface area contributed by atoms with Gasteiger partial charge in [0.2, 0.25) is 0 Å². The minimum Gasteiger partial charge on any atom is -0.444 e. The van der Waals surface area contributed by atoms with Crippen LogP contribution in [0, 0.1) is 0 Å². The van der Waals surface area contributed by atoms with E-state index in [-0.39, 0.29) is 11.1 Å². The molecule has 0 radical (unpaired) electrons. The van der Waals surface area contributed by atoms with Crippen molar-refractivity contribution >= 4 is 14.4 Å². The zero-order chi connectivity index (χ0) is 18.1. The zero-order valence-electron chi connectivity index (χ0n) is 16.4. The topological polar surface area (TPSA) is 48.0 Å². The van der Waals surface area contributed by atoms with Crippen molar-refractivity contribution in [2.45, 2.75) is 77.8 Å². The Hall–Kier alpha value is -0.593. The van der Waals surface area contributed by atoms with Gasteiger partial charge in [0.25, 0.3) is 0 Å². The van der Waals surface area contributed by atoms with Crippen LogP contribution in [0.5, 0.6) is 0 Å². The normalized spacial score (nSPS) is 23.8. The van der Waals surface area contributed by atoms with Crippen molar-refractivity contribution in [1.29, 1.82) is 0 Å². The molecule has 0 bridgehead atoms. The predicted molar refractivity (Wildman–Crippen MR) is 95.3 cm³/mol. The summed E-state index contributed by atoms with van der Waals surface area (Å²) in [5, 5.41) is 0.156. The van der Waals surface area contributed by atoms with Gasteiger partial charge in [0.1, 0.15) is 11.2 Å². The second-order valence-corrected chi connectivity index (χ2v) is 14.1. The molecular formula is C17H35NO4Si. The van der Waals surface area contributed by atoms with Crippen molar-refractivity contribution in [3.63, 3.8) is 0 Å². The highest BCUT2D eigenvalue weighted by molar-refractivity contribution is 6.74. The van der Waals surface area contributed by atoms with E-state index >= 15 is 0 Å². The van der Waals surface area contributed by atoms with Crippen LogP contribution >= 0.6 is 0 Å². The first kappa shape index (κ1) is 20.5. The lowest BCUT2D eigenvalue weighted by molar-refractivity contribution is -0.117. The standard InChI is InChI=1S/C17H35NO4Si/c1-15(2,3)22-14(19)18-10-11-20-17(7,12-18)13-21-23(8,9)16(4,5)6/h10-13H2,1-9H3/t17-/m0/s1. The van der Waals surface area contributed by atoms with Gasteiger partial charge in [-0.05, 0) is 45.8 Å². The number of carbonyl (C=O) groups is 1. The van der Waals surface area contributed by atoms with Crippen LogP contribution in [0.3, 0.4) is 0 Å². The Morgan fingerprint density at radius 3 is 2.26 bits per heavy atom. The summed E-state index contributed by atoms with van der Waals surface area (Å²) in [7, 11) is -1.84. The summed E-state index contributed by atoms with van der Waals surface area (Å²) in [5.41, 5.74) is -0.964. The fourth-order valence-electron chi connectivity index (χ4n) is 2.05. The van der Waals surface area contributed by atoms with Gasteiger partial charge in [0, 0.05) is 6.54 Å². The van der Waals surface area contributed by atoms with Gasteiger partial charge < -0.3 is 18.8 Å². The largest absolute Gasteiger partial charge is 0.444 e. The highest BCUT2D eigenvalue weighted by Crippen LogP contribution is 2.37. The van der Waals surface area contributed by atoms with Crippen LogP contribution in [0.15, 0.2) is 0 Å². The van der Waals surface area contributed by atoms with Gasteiger partial charge in [0.15, 0.2) is 8.32 Å². The van der Waals surface area contributed by atoms with E-state index in [4.69, 9.17) is 13.9 Å². The van der Waals surface area contributed by atoms with E-state index in [2.05, 4.69) is 33.9 Å². The molecule has 1 amide bonds. The van der Waals surface area contributed by atoms with Crippen molar-refractivity contribution in [1.82, 2.24) is 4.90 Å².